The summed E-state index contributed by atoms with van der Waals surface area (Å²) >= 11 is 0. The maximum Gasteiger partial charge on any atom is 0.338 e. The highest BCUT2D eigenvalue weighted by atomic mass is 16.5. The lowest BCUT2D eigenvalue weighted by molar-refractivity contribution is 0.0526. The van der Waals surface area contributed by atoms with E-state index in [0.29, 0.717) is 23.7 Å². The van der Waals surface area contributed by atoms with Gasteiger partial charge in [-0.1, -0.05) is 0 Å². The molecule has 0 aliphatic heterocycles. The van der Waals surface area contributed by atoms with Crippen molar-refractivity contribution >= 4 is 5.97 Å². The van der Waals surface area contributed by atoms with Crippen molar-refractivity contribution in [2.75, 3.05) is 13.7 Å². The van der Waals surface area contributed by atoms with E-state index in [2.05, 4.69) is 11.1 Å². The lowest BCUT2D eigenvalue weighted by Crippen LogP contribution is -2.05. The Morgan fingerprint density at radius 2 is 1.85 bits per heavy atom. The summed E-state index contributed by atoms with van der Waals surface area (Å²) in [5.41, 5.74) is 2.42. The van der Waals surface area contributed by atoms with Gasteiger partial charge in [0, 0.05) is 17.4 Å². The molecule has 26 heavy (non-hydrogen) atoms. The van der Waals surface area contributed by atoms with Gasteiger partial charge in [0.05, 0.1) is 19.3 Å². The fraction of sp³-hybridized carbons (Fsp3) is 0.150. The highest BCUT2D eigenvalue weighted by Crippen LogP contribution is 2.25. The van der Waals surface area contributed by atoms with Gasteiger partial charge >= 0.3 is 5.97 Å². The minimum atomic E-state index is -0.363. The number of ether oxygens (including phenoxy) is 2. The van der Waals surface area contributed by atoms with Crippen LogP contribution in [0.25, 0.3) is 17.1 Å². The third-order valence-electron chi connectivity index (χ3n) is 3.83. The predicted octanol–water partition coefficient (Wildman–Crippen LogP) is 3.60. The Labute approximate surface area is 151 Å². The normalized spacial score (nSPS) is 10.2. The first kappa shape index (κ1) is 17.2. The molecule has 0 radical (unpaired) electrons. The molecule has 0 aliphatic rings. The molecule has 0 atom stereocenters. The van der Waals surface area contributed by atoms with Crippen LogP contribution in [0.15, 0.2) is 54.7 Å². The standard InChI is InChI=1S/C20H17N3O3/c1-3-26-20(24)15-4-8-17(9-5-15)23-13-16(12-21)22-19(23)14-6-10-18(25-2)11-7-14/h4-11,13H,3H2,1-2H3. The molecule has 0 aliphatic carbocycles. The van der Waals surface area contributed by atoms with E-state index in [-0.39, 0.29) is 5.97 Å². The van der Waals surface area contributed by atoms with Gasteiger partial charge in [-0.3, -0.25) is 4.57 Å². The fourth-order valence-corrected chi connectivity index (χ4v) is 2.55. The van der Waals surface area contributed by atoms with E-state index in [1.54, 1.807) is 44.5 Å². The molecular weight excluding hydrogens is 330 g/mol. The number of hydrogen-bond donors (Lipinski definition) is 0. The lowest BCUT2D eigenvalue weighted by Gasteiger charge is -2.09. The van der Waals surface area contributed by atoms with Crippen LogP contribution < -0.4 is 4.74 Å². The number of nitrogens with zero attached hydrogens (tertiary/aromatic N) is 3. The molecule has 1 heterocycles. The van der Waals surface area contributed by atoms with Crippen molar-refractivity contribution in [3.05, 3.63) is 66.0 Å². The number of carbonyl (C=O) groups is 1. The number of benzene rings is 2. The summed E-state index contributed by atoms with van der Waals surface area (Å²) in [4.78, 5) is 16.2. The van der Waals surface area contributed by atoms with Crippen LogP contribution in [-0.4, -0.2) is 29.2 Å². The molecule has 0 saturated heterocycles. The molecule has 6 nitrogen and oxygen atoms in total. The summed E-state index contributed by atoms with van der Waals surface area (Å²) in [5.74, 6) is 1.01. The Balaban J connectivity index is 2.00. The zero-order valence-corrected chi connectivity index (χ0v) is 14.5. The van der Waals surface area contributed by atoms with E-state index in [4.69, 9.17) is 9.47 Å². The Kier molecular flexibility index (Phi) is 4.99. The van der Waals surface area contributed by atoms with E-state index in [0.717, 1.165) is 17.0 Å². The molecule has 1 aromatic heterocycles. The Morgan fingerprint density at radius 3 is 2.42 bits per heavy atom. The van der Waals surface area contributed by atoms with Gasteiger partial charge in [0.25, 0.3) is 0 Å². The average molecular weight is 347 g/mol. The molecule has 0 unspecified atom stereocenters. The first-order chi connectivity index (χ1) is 12.7. The summed E-state index contributed by atoms with van der Waals surface area (Å²) in [6.07, 6.45) is 1.67. The molecular formula is C20H17N3O3. The van der Waals surface area contributed by atoms with E-state index >= 15 is 0 Å². The number of rotatable bonds is 5. The second-order valence-corrected chi connectivity index (χ2v) is 5.43. The molecule has 0 bridgehead atoms. The molecule has 6 heteroatoms. The largest absolute Gasteiger partial charge is 0.497 e. The van der Waals surface area contributed by atoms with Gasteiger partial charge in [-0.2, -0.15) is 5.26 Å². The number of aromatic nitrogens is 2. The van der Waals surface area contributed by atoms with Crippen LogP contribution in [0.5, 0.6) is 5.75 Å². The predicted molar refractivity (Wildman–Crippen MR) is 96.2 cm³/mol. The molecule has 3 rings (SSSR count). The van der Waals surface area contributed by atoms with Gasteiger partial charge < -0.3 is 9.47 Å². The van der Waals surface area contributed by atoms with E-state index < -0.39 is 0 Å². The topological polar surface area (TPSA) is 77.1 Å². The highest BCUT2D eigenvalue weighted by molar-refractivity contribution is 5.89. The first-order valence-electron chi connectivity index (χ1n) is 8.07. The van der Waals surface area contributed by atoms with Crippen LogP contribution in [0.4, 0.5) is 0 Å². The SMILES string of the molecule is CCOC(=O)c1ccc(-n2cc(C#N)nc2-c2ccc(OC)cc2)cc1. The Morgan fingerprint density at radius 1 is 1.15 bits per heavy atom. The lowest BCUT2D eigenvalue weighted by atomic mass is 10.2. The van der Waals surface area contributed by atoms with Crippen molar-refractivity contribution in [1.29, 1.82) is 5.26 Å². The molecule has 0 saturated carbocycles. The van der Waals surface area contributed by atoms with Crippen LogP contribution >= 0.6 is 0 Å². The van der Waals surface area contributed by atoms with Gasteiger partial charge in [-0.25, -0.2) is 9.78 Å². The van der Waals surface area contributed by atoms with Crippen molar-refractivity contribution in [3.8, 4) is 28.9 Å². The zero-order chi connectivity index (χ0) is 18.5. The van der Waals surface area contributed by atoms with Crippen LogP contribution in [0, 0.1) is 11.3 Å². The van der Waals surface area contributed by atoms with Crippen molar-refractivity contribution < 1.29 is 14.3 Å². The number of esters is 1. The Bertz CT molecular complexity index is 951. The molecule has 2 aromatic carbocycles. The number of hydrogen-bond acceptors (Lipinski definition) is 5. The van der Waals surface area contributed by atoms with E-state index in [1.807, 2.05) is 28.8 Å². The second kappa shape index (κ2) is 7.53. The summed E-state index contributed by atoms with van der Waals surface area (Å²) in [6, 6.07) is 16.5. The molecule has 0 spiro atoms. The van der Waals surface area contributed by atoms with Crippen molar-refractivity contribution in [1.82, 2.24) is 9.55 Å². The molecule has 3 aromatic rings. The van der Waals surface area contributed by atoms with Crippen molar-refractivity contribution in [3.63, 3.8) is 0 Å². The zero-order valence-electron chi connectivity index (χ0n) is 14.5. The molecule has 0 fully saturated rings. The second-order valence-electron chi connectivity index (χ2n) is 5.43. The summed E-state index contributed by atoms with van der Waals surface area (Å²) in [7, 11) is 1.61. The van der Waals surface area contributed by atoms with Crippen molar-refractivity contribution in [2.24, 2.45) is 0 Å². The Hall–Kier alpha value is -3.59. The summed E-state index contributed by atoms with van der Waals surface area (Å²) in [5, 5.41) is 9.22. The minimum Gasteiger partial charge on any atom is -0.497 e. The number of imidazole rings is 1. The monoisotopic (exact) mass is 347 g/mol. The quantitative estimate of drug-likeness (QED) is 0.659. The van der Waals surface area contributed by atoms with E-state index in [9.17, 15) is 10.1 Å². The fourth-order valence-electron chi connectivity index (χ4n) is 2.55. The maximum absolute atomic E-state index is 11.8. The smallest absolute Gasteiger partial charge is 0.338 e. The van der Waals surface area contributed by atoms with Crippen LogP contribution in [-0.2, 0) is 4.74 Å². The third kappa shape index (κ3) is 3.42. The molecule has 0 N–H and O–H groups in total. The van der Waals surface area contributed by atoms with Crippen LogP contribution in [0.3, 0.4) is 0 Å². The van der Waals surface area contributed by atoms with Gasteiger partial charge in [0.2, 0.25) is 0 Å². The van der Waals surface area contributed by atoms with Crippen molar-refractivity contribution in [2.45, 2.75) is 6.92 Å². The van der Waals surface area contributed by atoms with Crippen LogP contribution in [0.1, 0.15) is 23.0 Å². The average Bonchev–Trinajstić information content (AvgIpc) is 3.13. The minimum absolute atomic E-state index is 0.310. The van der Waals surface area contributed by atoms with Crippen LogP contribution in [0.2, 0.25) is 0 Å². The third-order valence-corrected chi connectivity index (χ3v) is 3.83. The van der Waals surface area contributed by atoms with Gasteiger partial charge in [0.15, 0.2) is 5.69 Å². The van der Waals surface area contributed by atoms with E-state index in [1.165, 1.54) is 0 Å². The summed E-state index contributed by atoms with van der Waals surface area (Å²) in [6.45, 7) is 2.09. The first-order valence-corrected chi connectivity index (χ1v) is 8.07. The highest BCUT2D eigenvalue weighted by Gasteiger charge is 2.13. The number of nitriles is 1. The molecule has 0 amide bonds. The maximum atomic E-state index is 11.8. The summed E-state index contributed by atoms with van der Waals surface area (Å²) < 4.78 is 12.0. The molecule has 130 valence electrons. The van der Waals surface area contributed by atoms with Gasteiger partial charge in [-0.05, 0) is 55.5 Å². The number of methoxy groups -OCH3 is 1. The van der Waals surface area contributed by atoms with Gasteiger partial charge in [-0.15, -0.1) is 0 Å². The van der Waals surface area contributed by atoms with Gasteiger partial charge in [0.1, 0.15) is 17.6 Å². The number of carbonyl (C=O) groups excluding carboxylic acids is 1.